The molecule has 1 aliphatic carbocycles. The van der Waals surface area contributed by atoms with Gasteiger partial charge in [0.25, 0.3) is 0 Å². The molecule has 0 N–H and O–H groups in total. The third-order valence-electron chi connectivity index (χ3n) is 3.59. The number of halogens is 3. The van der Waals surface area contributed by atoms with Crippen LogP contribution in [0.15, 0.2) is 73.0 Å². The van der Waals surface area contributed by atoms with Crippen LogP contribution in [0.4, 0.5) is 4.39 Å². The summed E-state index contributed by atoms with van der Waals surface area (Å²) in [6.07, 6.45) is 6.61. The number of allylic oxidation sites excluding steroid dienone is 4. The Hall–Kier alpha value is -3.02. The van der Waals surface area contributed by atoms with Crippen molar-refractivity contribution < 1.29 is 18.7 Å². The Morgan fingerprint density at radius 1 is 0.857 bits per heavy atom. The number of ether oxygens (including phenoxy) is 1. The normalized spacial score (nSPS) is 12.7. The molecule has 0 saturated heterocycles. The molecule has 4 rings (SSSR count). The summed E-state index contributed by atoms with van der Waals surface area (Å²) in [6, 6.07) is 10.8. The molecule has 7 heteroatoms. The van der Waals surface area contributed by atoms with Gasteiger partial charge in [0.05, 0.1) is 15.9 Å². The number of pyridine rings is 1. The predicted molar refractivity (Wildman–Crippen MR) is 107 cm³/mol. The fourth-order valence-corrected chi connectivity index (χ4v) is 2.90. The number of hydrogen-bond acceptors (Lipinski definition) is 4. The molecule has 0 saturated carbocycles. The Kier molecular flexibility index (Phi) is 6.19. The van der Waals surface area contributed by atoms with Gasteiger partial charge >= 0.3 is 0 Å². The lowest BCUT2D eigenvalue weighted by molar-refractivity contribution is -0.113. The Morgan fingerprint density at radius 2 is 1.46 bits per heavy atom. The SMILES string of the molecule is Fc1ccc(Oc2ccnc3cc(Cl)cc(Cl)c23)cc1.O=C1C=CC(=O)C=C1. The van der Waals surface area contributed by atoms with Crippen LogP contribution >= 0.6 is 23.2 Å². The molecular weight excluding hydrogens is 404 g/mol. The predicted octanol–water partition coefficient (Wildman–Crippen LogP) is 5.72. The number of carbonyl (C=O) groups is 2. The summed E-state index contributed by atoms with van der Waals surface area (Å²) in [5.41, 5.74) is 0.641. The number of fused-ring (bicyclic) bond motifs is 1. The van der Waals surface area contributed by atoms with Gasteiger partial charge in [0, 0.05) is 11.2 Å². The molecule has 0 fully saturated rings. The molecule has 0 spiro atoms. The highest BCUT2D eigenvalue weighted by Gasteiger charge is 2.10. The first kappa shape index (κ1) is 19.7. The number of carbonyl (C=O) groups excluding carboxylic acids is 2. The maximum absolute atomic E-state index is 12.9. The van der Waals surface area contributed by atoms with E-state index in [1.807, 2.05) is 0 Å². The zero-order valence-corrected chi connectivity index (χ0v) is 15.7. The minimum Gasteiger partial charge on any atom is -0.457 e. The standard InChI is InChI=1S/C15H8Cl2FNO.C6H4O2/c16-9-7-12(17)15-13(8-9)19-6-5-14(15)20-11-3-1-10(18)2-4-11;7-5-1-2-6(8)4-3-5/h1-8H;1-4H. The number of ketones is 2. The van der Waals surface area contributed by atoms with Crippen LogP contribution in [0.5, 0.6) is 11.5 Å². The Labute approximate surface area is 169 Å². The van der Waals surface area contributed by atoms with Crippen LogP contribution in [0.2, 0.25) is 10.0 Å². The maximum atomic E-state index is 12.9. The summed E-state index contributed by atoms with van der Waals surface area (Å²) in [5.74, 6) is 0.504. The van der Waals surface area contributed by atoms with Crippen LogP contribution in [0.1, 0.15) is 0 Å². The monoisotopic (exact) mass is 415 g/mol. The van der Waals surface area contributed by atoms with E-state index < -0.39 is 0 Å². The Balaban J connectivity index is 0.000000236. The molecule has 0 aliphatic heterocycles. The van der Waals surface area contributed by atoms with E-state index in [4.69, 9.17) is 27.9 Å². The van der Waals surface area contributed by atoms with Crippen molar-refractivity contribution in [1.82, 2.24) is 4.98 Å². The second kappa shape index (κ2) is 8.78. The molecule has 28 heavy (non-hydrogen) atoms. The lowest BCUT2D eigenvalue weighted by atomic mass is 10.2. The van der Waals surface area contributed by atoms with Crippen LogP contribution in [0.25, 0.3) is 10.9 Å². The van der Waals surface area contributed by atoms with Crippen LogP contribution in [0, 0.1) is 5.82 Å². The number of nitrogens with zero attached hydrogens (tertiary/aromatic N) is 1. The summed E-state index contributed by atoms with van der Waals surface area (Å²) in [7, 11) is 0. The summed E-state index contributed by atoms with van der Waals surface area (Å²) in [4.78, 5) is 24.8. The highest BCUT2D eigenvalue weighted by molar-refractivity contribution is 6.39. The van der Waals surface area contributed by atoms with E-state index in [2.05, 4.69) is 4.98 Å². The number of aromatic nitrogens is 1. The average Bonchev–Trinajstić information content (AvgIpc) is 2.66. The fourth-order valence-electron chi connectivity index (χ4n) is 2.33. The molecule has 0 atom stereocenters. The summed E-state index contributed by atoms with van der Waals surface area (Å²) < 4.78 is 18.6. The first-order valence-electron chi connectivity index (χ1n) is 8.03. The fraction of sp³-hybridized carbons (Fsp3) is 0. The van der Waals surface area contributed by atoms with Gasteiger partial charge in [0.15, 0.2) is 11.6 Å². The first-order chi connectivity index (χ1) is 13.4. The van der Waals surface area contributed by atoms with Gasteiger partial charge in [0.1, 0.15) is 17.3 Å². The second-order valence-corrected chi connectivity index (χ2v) is 6.46. The largest absolute Gasteiger partial charge is 0.457 e. The van der Waals surface area contributed by atoms with Crippen LogP contribution in [-0.2, 0) is 9.59 Å². The van der Waals surface area contributed by atoms with Gasteiger partial charge < -0.3 is 4.74 Å². The van der Waals surface area contributed by atoms with Crippen LogP contribution < -0.4 is 4.74 Å². The number of rotatable bonds is 2. The molecule has 0 radical (unpaired) electrons. The van der Waals surface area contributed by atoms with Crippen molar-refractivity contribution in [2.75, 3.05) is 0 Å². The van der Waals surface area contributed by atoms with Gasteiger partial charge in [-0.25, -0.2) is 4.39 Å². The molecule has 0 bridgehead atoms. The number of hydrogen-bond donors (Lipinski definition) is 0. The lowest BCUT2D eigenvalue weighted by Gasteiger charge is -2.10. The minimum absolute atomic E-state index is 0.121. The molecule has 1 heterocycles. The van der Waals surface area contributed by atoms with E-state index >= 15 is 0 Å². The van der Waals surface area contributed by atoms with Crippen molar-refractivity contribution in [2.24, 2.45) is 0 Å². The summed E-state index contributed by atoms with van der Waals surface area (Å²) in [5, 5.41) is 1.63. The van der Waals surface area contributed by atoms with E-state index in [-0.39, 0.29) is 17.4 Å². The lowest BCUT2D eigenvalue weighted by Crippen LogP contribution is -1.97. The van der Waals surface area contributed by atoms with E-state index in [1.165, 1.54) is 36.4 Å². The third-order valence-corrected chi connectivity index (χ3v) is 4.10. The Morgan fingerprint density at radius 3 is 2.07 bits per heavy atom. The van der Waals surface area contributed by atoms with E-state index in [1.54, 1.807) is 36.5 Å². The molecule has 140 valence electrons. The van der Waals surface area contributed by atoms with Crippen LogP contribution in [0.3, 0.4) is 0 Å². The molecule has 4 nitrogen and oxygen atoms in total. The van der Waals surface area contributed by atoms with Gasteiger partial charge in [0.2, 0.25) is 0 Å². The van der Waals surface area contributed by atoms with Crippen LogP contribution in [-0.4, -0.2) is 16.6 Å². The highest BCUT2D eigenvalue weighted by atomic mass is 35.5. The van der Waals surface area contributed by atoms with Crippen molar-refractivity contribution in [2.45, 2.75) is 0 Å². The quantitative estimate of drug-likeness (QED) is 0.501. The molecule has 1 aromatic heterocycles. The summed E-state index contributed by atoms with van der Waals surface area (Å²) >= 11 is 12.1. The van der Waals surface area contributed by atoms with Gasteiger partial charge in [-0.3, -0.25) is 14.6 Å². The van der Waals surface area contributed by atoms with E-state index in [9.17, 15) is 14.0 Å². The van der Waals surface area contributed by atoms with Crippen molar-refractivity contribution in [3.05, 3.63) is 88.8 Å². The van der Waals surface area contributed by atoms with E-state index in [0.29, 0.717) is 32.4 Å². The Bertz CT molecular complexity index is 1070. The molecule has 0 unspecified atom stereocenters. The number of benzene rings is 2. The van der Waals surface area contributed by atoms with Crippen molar-refractivity contribution in [3.8, 4) is 11.5 Å². The molecule has 3 aromatic rings. The summed E-state index contributed by atoms with van der Waals surface area (Å²) in [6.45, 7) is 0. The van der Waals surface area contributed by atoms with Gasteiger partial charge in [-0.2, -0.15) is 0 Å². The van der Waals surface area contributed by atoms with E-state index in [0.717, 1.165) is 0 Å². The third kappa shape index (κ3) is 5.03. The topological polar surface area (TPSA) is 56.3 Å². The first-order valence-corrected chi connectivity index (χ1v) is 8.79. The van der Waals surface area contributed by atoms with Crippen molar-refractivity contribution >= 4 is 45.7 Å². The minimum atomic E-state index is -0.318. The highest BCUT2D eigenvalue weighted by Crippen LogP contribution is 2.35. The zero-order valence-electron chi connectivity index (χ0n) is 14.2. The van der Waals surface area contributed by atoms with Crippen molar-refractivity contribution in [3.63, 3.8) is 0 Å². The molecular formula is C21H12Cl2FNO3. The van der Waals surface area contributed by atoms with Crippen molar-refractivity contribution in [1.29, 1.82) is 0 Å². The van der Waals surface area contributed by atoms with Gasteiger partial charge in [-0.1, -0.05) is 23.2 Å². The average molecular weight is 416 g/mol. The smallest absolute Gasteiger partial charge is 0.178 e. The maximum Gasteiger partial charge on any atom is 0.178 e. The molecule has 2 aromatic carbocycles. The second-order valence-electron chi connectivity index (χ2n) is 5.62. The zero-order chi connectivity index (χ0) is 20.1. The van der Waals surface area contributed by atoms with Gasteiger partial charge in [-0.15, -0.1) is 0 Å². The molecule has 0 amide bonds. The molecule has 1 aliphatic rings. The van der Waals surface area contributed by atoms with Gasteiger partial charge in [-0.05, 0) is 66.8 Å².